The van der Waals surface area contributed by atoms with E-state index in [1.54, 1.807) is 0 Å². The van der Waals surface area contributed by atoms with E-state index in [9.17, 15) is 31.1 Å². The van der Waals surface area contributed by atoms with Crippen LogP contribution in [0.3, 0.4) is 0 Å². The first-order chi connectivity index (χ1) is 6.94. The number of hydrogen-bond donors (Lipinski definition) is 1. The molecule has 0 fully saturated rings. The van der Waals surface area contributed by atoms with Gasteiger partial charge in [0.25, 0.3) is 6.10 Å². The summed E-state index contributed by atoms with van der Waals surface area (Å²) in [7, 11) is 0. The number of nitrogens with two attached hydrogens (primary N) is 1. The van der Waals surface area contributed by atoms with Crippen LogP contribution in [0.25, 0.3) is 0 Å². The van der Waals surface area contributed by atoms with Gasteiger partial charge in [-0.15, -0.1) is 0 Å². The predicted molar refractivity (Wildman–Crippen MR) is 40.3 cm³/mol. The van der Waals surface area contributed by atoms with E-state index in [0.717, 1.165) is 6.92 Å². The highest BCUT2D eigenvalue weighted by molar-refractivity contribution is 5.75. The lowest BCUT2D eigenvalue weighted by Gasteiger charge is -2.25. The van der Waals surface area contributed by atoms with Gasteiger partial charge in [-0.25, -0.2) is 0 Å². The molecule has 3 nitrogen and oxygen atoms in total. The molecule has 0 spiro atoms. The van der Waals surface area contributed by atoms with E-state index in [4.69, 9.17) is 5.73 Å². The minimum absolute atomic E-state index is 0.671. The molecule has 0 rings (SSSR count). The first-order valence-corrected chi connectivity index (χ1v) is 3.98. The van der Waals surface area contributed by atoms with Gasteiger partial charge in [0, 0.05) is 6.42 Å². The summed E-state index contributed by atoms with van der Waals surface area (Å²) in [6, 6.07) is 0. The van der Waals surface area contributed by atoms with Crippen LogP contribution in [-0.4, -0.2) is 30.5 Å². The molecular weight excluding hydrogens is 244 g/mol. The van der Waals surface area contributed by atoms with Gasteiger partial charge < -0.3 is 10.5 Å². The Morgan fingerprint density at radius 2 is 1.56 bits per heavy atom. The Labute approximate surface area is 86.5 Å². The topological polar surface area (TPSA) is 52.3 Å². The van der Waals surface area contributed by atoms with Crippen molar-refractivity contribution < 1.29 is 35.9 Å². The average Bonchev–Trinajstić information content (AvgIpc) is 1.94. The van der Waals surface area contributed by atoms with Gasteiger partial charge in [-0.05, 0) is 6.92 Å². The SMILES string of the molecule is CC(=O)CC(N)OC(C(F)(F)F)C(F)(F)F. The molecule has 9 heteroatoms. The third-order valence-corrected chi connectivity index (χ3v) is 1.39. The molecule has 0 aliphatic carbocycles. The van der Waals surface area contributed by atoms with Crippen LogP contribution in [0.2, 0.25) is 0 Å². The smallest absolute Gasteiger partial charge is 0.342 e. The number of carbonyl (C=O) groups excluding carboxylic acids is 1. The molecule has 0 aromatic rings. The van der Waals surface area contributed by atoms with Gasteiger partial charge in [0.15, 0.2) is 0 Å². The minimum atomic E-state index is -5.62. The number of hydrogen-bond acceptors (Lipinski definition) is 3. The molecular formula is C7H9F6NO2. The van der Waals surface area contributed by atoms with Gasteiger partial charge in [0.1, 0.15) is 12.0 Å². The van der Waals surface area contributed by atoms with E-state index in [1.165, 1.54) is 0 Å². The third kappa shape index (κ3) is 5.31. The Kier molecular flexibility index (Phi) is 4.74. The second kappa shape index (κ2) is 5.00. The van der Waals surface area contributed by atoms with Crippen LogP contribution in [0.5, 0.6) is 0 Å². The molecule has 0 saturated carbocycles. The Bertz CT molecular complexity index is 234. The van der Waals surface area contributed by atoms with Crippen molar-refractivity contribution in [1.82, 2.24) is 0 Å². The molecule has 1 atom stereocenters. The van der Waals surface area contributed by atoms with Crippen LogP contribution in [0.15, 0.2) is 0 Å². The Hall–Kier alpha value is -0.830. The Balaban J connectivity index is 4.64. The van der Waals surface area contributed by atoms with Crippen molar-refractivity contribution in [1.29, 1.82) is 0 Å². The lowest BCUT2D eigenvalue weighted by molar-refractivity contribution is -0.330. The normalized spacial score (nSPS) is 15.3. The second-order valence-electron chi connectivity index (χ2n) is 3.04. The molecule has 0 aromatic heterocycles. The van der Waals surface area contributed by atoms with Gasteiger partial charge in [0.2, 0.25) is 0 Å². The summed E-state index contributed by atoms with van der Waals surface area (Å²) in [5.41, 5.74) is 4.83. The number of rotatable bonds is 4. The van der Waals surface area contributed by atoms with E-state index in [0.29, 0.717) is 0 Å². The molecule has 2 N–H and O–H groups in total. The highest BCUT2D eigenvalue weighted by Crippen LogP contribution is 2.36. The molecule has 0 aromatic carbocycles. The van der Waals surface area contributed by atoms with Crippen molar-refractivity contribution in [2.45, 2.75) is 38.0 Å². The molecule has 0 saturated heterocycles. The first-order valence-electron chi connectivity index (χ1n) is 3.98. The second-order valence-corrected chi connectivity index (χ2v) is 3.04. The largest absolute Gasteiger partial charge is 0.423 e. The van der Waals surface area contributed by atoms with E-state index in [1.807, 2.05) is 0 Å². The Morgan fingerprint density at radius 3 is 1.81 bits per heavy atom. The molecule has 0 radical (unpaired) electrons. The van der Waals surface area contributed by atoms with Crippen molar-refractivity contribution in [2.75, 3.05) is 0 Å². The highest BCUT2D eigenvalue weighted by Gasteiger charge is 2.58. The first kappa shape index (κ1) is 15.2. The summed E-state index contributed by atoms with van der Waals surface area (Å²) >= 11 is 0. The zero-order valence-electron chi connectivity index (χ0n) is 8.02. The summed E-state index contributed by atoms with van der Waals surface area (Å²) in [6.45, 7) is 0.972. The number of ether oxygens (including phenoxy) is 1. The molecule has 0 bridgehead atoms. The molecule has 0 aliphatic rings. The van der Waals surface area contributed by atoms with Gasteiger partial charge in [-0.1, -0.05) is 0 Å². The lowest BCUT2D eigenvalue weighted by atomic mass is 10.2. The van der Waals surface area contributed by atoms with Crippen LogP contribution in [-0.2, 0) is 9.53 Å². The molecule has 0 heterocycles. The van der Waals surface area contributed by atoms with Gasteiger partial charge >= 0.3 is 12.4 Å². The number of alkyl halides is 6. The molecule has 0 aliphatic heterocycles. The maximum Gasteiger partial charge on any atom is 0.423 e. The fourth-order valence-corrected chi connectivity index (χ4v) is 0.846. The number of carbonyl (C=O) groups is 1. The number of ketones is 1. The van der Waals surface area contributed by atoms with Crippen LogP contribution in [0.1, 0.15) is 13.3 Å². The summed E-state index contributed by atoms with van der Waals surface area (Å²) in [6.07, 6.45) is -17.9. The standard InChI is InChI=1S/C7H9F6NO2/c1-3(15)2-4(14)16-5(6(8,9)10)7(11,12)13/h4-5H,2,14H2,1H3. The van der Waals surface area contributed by atoms with Gasteiger partial charge in [-0.2, -0.15) is 26.3 Å². The molecule has 0 amide bonds. The number of halogens is 6. The van der Waals surface area contributed by atoms with Crippen molar-refractivity contribution in [3.63, 3.8) is 0 Å². The quantitative estimate of drug-likeness (QED) is 0.613. The van der Waals surface area contributed by atoms with Crippen molar-refractivity contribution in [3.8, 4) is 0 Å². The molecule has 1 unspecified atom stereocenters. The fourth-order valence-electron chi connectivity index (χ4n) is 0.846. The Morgan fingerprint density at radius 1 is 1.19 bits per heavy atom. The van der Waals surface area contributed by atoms with E-state index >= 15 is 0 Å². The predicted octanol–water partition coefficient (Wildman–Crippen LogP) is 1.76. The minimum Gasteiger partial charge on any atom is -0.342 e. The van der Waals surface area contributed by atoms with Gasteiger partial charge in [0.05, 0.1) is 0 Å². The zero-order valence-corrected chi connectivity index (χ0v) is 8.02. The maximum atomic E-state index is 11.9. The van der Waals surface area contributed by atoms with Gasteiger partial charge in [-0.3, -0.25) is 4.79 Å². The summed E-state index contributed by atoms with van der Waals surface area (Å²) in [5.74, 6) is -0.671. The summed E-state index contributed by atoms with van der Waals surface area (Å²) in [4.78, 5) is 10.4. The highest BCUT2D eigenvalue weighted by atomic mass is 19.4. The van der Waals surface area contributed by atoms with E-state index < -0.39 is 36.9 Å². The van der Waals surface area contributed by atoms with Crippen LogP contribution in [0, 0.1) is 0 Å². The summed E-state index contributed by atoms with van der Waals surface area (Å²) < 4.78 is 75.2. The lowest BCUT2D eigenvalue weighted by Crippen LogP contribution is -2.48. The van der Waals surface area contributed by atoms with Crippen molar-refractivity contribution in [3.05, 3.63) is 0 Å². The monoisotopic (exact) mass is 253 g/mol. The zero-order chi connectivity index (χ0) is 13.1. The van der Waals surface area contributed by atoms with Crippen molar-refractivity contribution in [2.24, 2.45) is 5.73 Å². The molecule has 96 valence electrons. The molecule has 16 heavy (non-hydrogen) atoms. The van der Waals surface area contributed by atoms with Crippen molar-refractivity contribution >= 4 is 5.78 Å². The van der Waals surface area contributed by atoms with Crippen LogP contribution < -0.4 is 5.73 Å². The average molecular weight is 253 g/mol. The number of Topliss-reactive ketones (excluding diaryl/α,β-unsaturated/α-hetero) is 1. The van der Waals surface area contributed by atoms with Crippen LogP contribution >= 0.6 is 0 Å². The summed E-state index contributed by atoms with van der Waals surface area (Å²) in [5, 5.41) is 0. The van der Waals surface area contributed by atoms with E-state index in [2.05, 4.69) is 4.74 Å². The fraction of sp³-hybridized carbons (Fsp3) is 0.857. The third-order valence-electron chi connectivity index (χ3n) is 1.39. The van der Waals surface area contributed by atoms with Crippen LogP contribution in [0.4, 0.5) is 26.3 Å². The van der Waals surface area contributed by atoms with E-state index in [-0.39, 0.29) is 0 Å². The maximum absolute atomic E-state index is 11.9.